The Kier molecular flexibility index (Phi) is 13.1. The Morgan fingerprint density at radius 2 is 1.48 bits per heavy atom. The van der Waals surface area contributed by atoms with Gasteiger partial charge in [-0.25, -0.2) is 0 Å². The van der Waals surface area contributed by atoms with Gasteiger partial charge in [0.15, 0.2) is 0 Å². The van der Waals surface area contributed by atoms with Gasteiger partial charge in [0, 0.05) is 33.4 Å². The van der Waals surface area contributed by atoms with Crippen LogP contribution < -0.4 is 5.32 Å². The van der Waals surface area contributed by atoms with Crippen LogP contribution in [0.3, 0.4) is 0 Å². The van der Waals surface area contributed by atoms with Crippen molar-refractivity contribution in [1.29, 1.82) is 0 Å². The van der Waals surface area contributed by atoms with E-state index in [1.54, 1.807) is 11.6 Å². The summed E-state index contributed by atoms with van der Waals surface area (Å²) in [5.41, 5.74) is 19.2. The first kappa shape index (κ1) is 40.1. The number of anilines is 2. The molecule has 0 spiro atoms. The number of para-hydroxylation sites is 1. The third-order valence-corrected chi connectivity index (χ3v) is 11.2. The number of benzene rings is 5. The molecule has 0 amide bonds. The highest BCUT2D eigenvalue weighted by molar-refractivity contribution is 6.19. The minimum Gasteiger partial charge on any atom is -0.355 e. The Morgan fingerprint density at radius 3 is 2.22 bits per heavy atom. The van der Waals surface area contributed by atoms with E-state index in [0.717, 1.165) is 55.6 Å². The fourth-order valence-corrected chi connectivity index (χ4v) is 8.70. The molecule has 0 saturated carbocycles. The van der Waals surface area contributed by atoms with Crippen molar-refractivity contribution in [1.82, 2.24) is 4.57 Å². The van der Waals surface area contributed by atoms with Gasteiger partial charge in [0.1, 0.15) is 0 Å². The number of nitrogens with zero attached hydrogens (tertiary/aromatic N) is 1. The van der Waals surface area contributed by atoms with Gasteiger partial charge in [0.25, 0.3) is 0 Å². The highest BCUT2D eigenvalue weighted by Gasteiger charge is 2.27. The van der Waals surface area contributed by atoms with E-state index >= 15 is 0 Å². The lowest BCUT2D eigenvalue weighted by atomic mass is 9.84. The molecule has 0 saturated heterocycles. The Morgan fingerprint density at radius 1 is 0.759 bits per heavy atom. The van der Waals surface area contributed by atoms with Crippen LogP contribution in [-0.4, -0.2) is 4.57 Å². The molecular formula is C56H58N2. The van der Waals surface area contributed by atoms with Crippen LogP contribution >= 0.6 is 0 Å². The monoisotopic (exact) mass is 758 g/mol. The van der Waals surface area contributed by atoms with Crippen molar-refractivity contribution in [3.8, 4) is 11.1 Å². The molecule has 0 radical (unpaired) electrons. The highest BCUT2D eigenvalue weighted by atomic mass is 15.0. The smallest absolute Gasteiger partial charge is 0.0622 e. The SMILES string of the molecule is C/C=C\C(=C\c1cc(C(/C=C\CC)=C/CC)cc(-c2ccccc2)c1)n1c2ccc(Nc3ccccc3)c(C)c2c2c3c(c4c(c21)C=CCCC4)CCC=C3.C=CC. The van der Waals surface area contributed by atoms with Gasteiger partial charge in [-0.05, 0) is 170 Å². The minimum atomic E-state index is 0.979. The molecule has 2 nitrogen and oxygen atoms in total. The summed E-state index contributed by atoms with van der Waals surface area (Å²) in [5.74, 6) is 0. The van der Waals surface area contributed by atoms with E-state index < -0.39 is 0 Å². The number of hydrogen-bond acceptors (Lipinski definition) is 1. The molecule has 292 valence electrons. The van der Waals surface area contributed by atoms with Crippen LogP contribution in [0.4, 0.5) is 11.4 Å². The minimum absolute atomic E-state index is 0.979. The van der Waals surface area contributed by atoms with Crippen LogP contribution in [0.25, 0.3) is 62.4 Å². The standard InChI is InChI=1S/C53H52N2.C3H6/c1-5-8-22-39(20-6-2)41-33-38(34-42(36-41)40-23-12-9-13-24-40)35-44(21-7-3)55-50-32-31-49(54-43-25-14-10-15-26-43)37(4)51(50)52-47-29-19-18-28-45(47)46-27-16-11-17-30-48(46)53(52)55;1-3-2/h7-10,12-15,17,19-26,29-36,54H,5-6,11,16,18,27-28H2,1-4H3;3H,1H2,2H3/b21-7-,22-8-,39-20+,44-35-;. The molecule has 6 aromatic rings. The van der Waals surface area contributed by atoms with Crippen LogP contribution in [0, 0.1) is 6.92 Å². The Balaban J connectivity index is 0.00000166. The largest absolute Gasteiger partial charge is 0.355 e. The zero-order valence-corrected chi connectivity index (χ0v) is 35.1. The summed E-state index contributed by atoms with van der Waals surface area (Å²) in [5, 5.41) is 6.46. The molecule has 2 aliphatic carbocycles. The quantitative estimate of drug-likeness (QED) is 0.109. The van der Waals surface area contributed by atoms with Crippen molar-refractivity contribution in [3.05, 3.63) is 185 Å². The molecule has 1 heterocycles. The normalized spacial score (nSPS) is 14.1. The fraction of sp³-hybridized carbons (Fsp3) is 0.214. The van der Waals surface area contributed by atoms with E-state index in [0.29, 0.717) is 0 Å². The molecule has 1 aromatic heterocycles. The first-order valence-electron chi connectivity index (χ1n) is 21.3. The lowest BCUT2D eigenvalue weighted by molar-refractivity contribution is 0.831. The number of aromatic nitrogens is 1. The fourth-order valence-electron chi connectivity index (χ4n) is 8.70. The summed E-state index contributed by atoms with van der Waals surface area (Å²) >= 11 is 0. The van der Waals surface area contributed by atoms with Gasteiger partial charge >= 0.3 is 0 Å². The molecular weight excluding hydrogens is 701 g/mol. The van der Waals surface area contributed by atoms with Gasteiger partial charge in [-0.2, -0.15) is 0 Å². The predicted octanol–water partition coefficient (Wildman–Crippen LogP) is 16.3. The second-order valence-electron chi connectivity index (χ2n) is 15.3. The Labute approximate surface area is 347 Å². The van der Waals surface area contributed by atoms with Crippen LogP contribution in [0.5, 0.6) is 0 Å². The van der Waals surface area contributed by atoms with E-state index in [9.17, 15) is 0 Å². The zero-order chi connectivity index (χ0) is 40.4. The number of nitrogens with one attached hydrogen (secondary N) is 1. The summed E-state index contributed by atoms with van der Waals surface area (Å²) in [7, 11) is 0. The number of fused-ring (bicyclic) bond motifs is 8. The number of rotatable bonds is 10. The molecule has 0 atom stereocenters. The maximum absolute atomic E-state index is 3.77. The molecule has 0 bridgehead atoms. The second kappa shape index (κ2) is 18.9. The number of aryl methyl sites for hydroxylation is 1. The van der Waals surface area contributed by atoms with Crippen LogP contribution in [0.2, 0.25) is 0 Å². The Hall–Kier alpha value is -6.12. The molecule has 8 rings (SSSR count). The van der Waals surface area contributed by atoms with Gasteiger partial charge in [-0.1, -0.05) is 117 Å². The molecule has 0 aliphatic heterocycles. The molecule has 1 N–H and O–H groups in total. The van der Waals surface area contributed by atoms with Gasteiger partial charge < -0.3 is 9.88 Å². The predicted molar refractivity (Wildman–Crippen MR) is 258 cm³/mol. The second-order valence-corrected chi connectivity index (χ2v) is 15.3. The maximum Gasteiger partial charge on any atom is 0.0622 e. The van der Waals surface area contributed by atoms with Gasteiger partial charge in [0.2, 0.25) is 0 Å². The van der Waals surface area contributed by atoms with Crippen LogP contribution in [-0.2, 0) is 12.8 Å². The molecule has 58 heavy (non-hydrogen) atoms. The van der Waals surface area contributed by atoms with E-state index in [1.807, 2.05) is 6.92 Å². The topological polar surface area (TPSA) is 17.0 Å². The van der Waals surface area contributed by atoms with Crippen molar-refractivity contribution >= 4 is 62.7 Å². The van der Waals surface area contributed by atoms with E-state index in [-0.39, 0.29) is 0 Å². The summed E-state index contributed by atoms with van der Waals surface area (Å²) < 4.78 is 2.58. The van der Waals surface area contributed by atoms with E-state index in [2.05, 4.69) is 196 Å². The lowest BCUT2D eigenvalue weighted by Gasteiger charge is -2.21. The molecule has 2 aliphatic rings. The van der Waals surface area contributed by atoms with Crippen LogP contribution in [0.1, 0.15) is 98.7 Å². The highest BCUT2D eigenvalue weighted by Crippen LogP contribution is 2.46. The zero-order valence-electron chi connectivity index (χ0n) is 35.1. The van der Waals surface area contributed by atoms with Gasteiger partial charge in [0.05, 0.1) is 11.0 Å². The van der Waals surface area contributed by atoms with Crippen molar-refractivity contribution in [2.24, 2.45) is 0 Å². The lowest BCUT2D eigenvalue weighted by Crippen LogP contribution is -2.06. The third kappa shape index (κ3) is 8.29. The third-order valence-electron chi connectivity index (χ3n) is 11.2. The molecule has 0 unspecified atom stereocenters. The van der Waals surface area contributed by atoms with Crippen molar-refractivity contribution in [3.63, 3.8) is 0 Å². The van der Waals surface area contributed by atoms with Gasteiger partial charge in [-0.3, -0.25) is 0 Å². The molecule has 0 fully saturated rings. The average Bonchev–Trinajstić information content (AvgIpc) is 3.40. The first-order valence-corrected chi connectivity index (χ1v) is 21.3. The Bertz CT molecular complexity index is 2600. The van der Waals surface area contributed by atoms with Crippen molar-refractivity contribution in [2.75, 3.05) is 5.32 Å². The molecule has 2 heteroatoms. The summed E-state index contributed by atoms with van der Waals surface area (Å²) in [6.45, 7) is 14.1. The van der Waals surface area contributed by atoms with Crippen molar-refractivity contribution in [2.45, 2.75) is 79.6 Å². The van der Waals surface area contributed by atoms with Crippen molar-refractivity contribution < 1.29 is 0 Å². The summed E-state index contributed by atoms with van der Waals surface area (Å²) in [4.78, 5) is 0. The summed E-state index contributed by atoms with van der Waals surface area (Å²) in [6.07, 6.45) is 32.8. The first-order chi connectivity index (χ1) is 28.5. The molecule has 5 aromatic carbocycles. The van der Waals surface area contributed by atoms with Crippen LogP contribution in [0.15, 0.2) is 146 Å². The van der Waals surface area contributed by atoms with Gasteiger partial charge in [-0.15, -0.1) is 6.58 Å². The maximum atomic E-state index is 3.77. The van der Waals surface area contributed by atoms with E-state index in [1.165, 1.54) is 78.3 Å². The van der Waals surface area contributed by atoms with E-state index in [4.69, 9.17) is 0 Å². The summed E-state index contributed by atoms with van der Waals surface area (Å²) in [6, 6.07) is 33.1. The average molecular weight is 759 g/mol. The number of allylic oxidation sites excluding steroid dienone is 10. The number of hydrogen-bond donors (Lipinski definition) is 1.